The van der Waals surface area contributed by atoms with E-state index in [1.54, 1.807) is 12.1 Å². The molecular formula is C14H15N3O2. The molecule has 2 aromatic rings. The second-order valence-electron chi connectivity index (χ2n) is 3.96. The molecule has 0 aliphatic carbocycles. The van der Waals surface area contributed by atoms with Gasteiger partial charge in [0, 0.05) is 5.56 Å². The van der Waals surface area contributed by atoms with Gasteiger partial charge in [-0.05, 0) is 31.2 Å². The topological polar surface area (TPSA) is 92.0 Å². The van der Waals surface area contributed by atoms with Crippen LogP contribution in [0.25, 0.3) is 11.3 Å². The summed E-state index contributed by atoms with van der Waals surface area (Å²) < 4.78 is 5.52. The maximum absolute atomic E-state index is 11.8. The van der Waals surface area contributed by atoms with E-state index in [-0.39, 0.29) is 17.0 Å². The summed E-state index contributed by atoms with van der Waals surface area (Å²) in [6.07, 6.45) is 0. The van der Waals surface area contributed by atoms with E-state index in [2.05, 4.69) is 4.98 Å². The molecule has 4 N–H and O–H groups in total. The van der Waals surface area contributed by atoms with Crippen LogP contribution < -0.4 is 16.0 Å². The number of ether oxygens (including phenoxy) is 1. The second kappa shape index (κ2) is 5.39. The van der Waals surface area contributed by atoms with Crippen molar-refractivity contribution in [1.29, 1.82) is 5.41 Å². The monoisotopic (exact) mass is 257 g/mol. The number of amidine groups is 1. The van der Waals surface area contributed by atoms with Gasteiger partial charge in [0.1, 0.15) is 11.6 Å². The molecule has 1 aromatic carbocycles. The molecule has 0 aliphatic heterocycles. The van der Waals surface area contributed by atoms with Gasteiger partial charge in [-0.3, -0.25) is 10.2 Å². The van der Waals surface area contributed by atoms with E-state index in [1.165, 1.54) is 0 Å². The zero-order chi connectivity index (χ0) is 13.8. The molecule has 1 heterocycles. The summed E-state index contributed by atoms with van der Waals surface area (Å²) >= 11 is 0. The Morgan fingerprint density at radius 2 is 2.05 bits per heavy atom. The smallest absolute Gasteiger partial charge is 0.259 e. The van der Waals surface area contributed by atoms with Gasteiger partial charge in [-0.15, -0.1) is 0 Å². The number of rotatable bonds is 4. The number of H-pyrrole nitrogens is 1. The van der Waals surface area contributed by atoms with Crippen LogP contribution in [0.3, 0.4) is 0 Å². The molecule has 1 aromatic heterocycles. The van der Waals surface area contributed by atoms with Crippen LogP contribution in [0.2, 0.25) is 0 Å². The molecule has 0 spiro atoms. The molecule has 0 radical (unpaired) electrons. The number of nitrogen functional groups attached to an aromatic ring is 1. The van der Waals surface area contributed by atoms with E-state index in [1.807, 2.05) is 31.2 Å². The van der Waals surface area contributed by atoms with Gasteiger partial charge in [0.05, 0.1) is 17.9 Å². The molecule has 98 valence electrons. The Morgan fingerprint density at radius 3 is 2.68 bits per heavy atom. The van der Waals surface area contributed by atoms with E-state index in [0.29, 0.717) is 18.1 Å². The molecule has 0 saturated carbocycles. The number of pyridine rings is 1. The van der Waals surface area contributed by atoms with Crippen molar-refractivity contribution in [3.05, 3.63) is 52.3 Å². The predicted molar refractivity (Wildman–Crippen MR) is 74.7 cm³/mol. The minimum absolute atomic E-state index is 0.164. The molecule has 19 heavy (non-hydrogen) atoms. The minimum Gasteiger partial charge on any atom is -0.493 e. The summed E-state index contributed by atoms with van der Waals surface area (Å²) in [5.41, 5.74) is 6.55. The summed E-state index contributed by atoms with van der Waals surface area (Å²) in [5.74, 6) is 0.460. The first-order valence-corrected chi connectivity index (χ1v) is 5.93. The third-order valence-corrected chi connectivity index (χ3v) is 2.68. The highest BCUT2D eigenvalue weighted by Crippen LogP contribution is 2.27. The molecule has 0 amide bonds. The lowest BCUT2D eigenvalue weighted by molar-refractivity contribution is 0.341. The summed E-state index contributed by atoms with van der Waals surface area (Å²) in [6, 6.07) is 10.7. The summed E-state index contributed by atoms with van der Waals surface area (Å²) in [6.45, 7) is 2.45. The number of nitrogens with two attached hydrogens (primary N) is 1. The third-order valence-electron chi connectivity index (χ3n) is 2.68. The molecule has 0 atom stereocenters. The van der Waals surface area contributed by atoms with Crippen molar-refractivity contribution in [2.45, 2.75) is 6.92 Å². The fraction of sp³-hybridized carbons (Fsp3) is 0.143. The predicted octanol–water partition coefficient (Wildman–Crippen LogP) is 1.72. The first-order chi connectivity index (χ1) is 9.13. The SMILES string of the molecule is CCOc1ccccc1-c1ccc(C(=N)N)c(=O)[nH]1. The van der Waals surface area contributed by atoms with Gasteiger partial charge in [-0.25, -0.2) is 0 Å². The van der Waals surface area contributed by atoms with Gasteiger partial charge in [-0.2, -0.15) is 0 Å². The molecule has 0 unspecified atom stereocenters. The Labute approximate surface area is 110 Å². The molecule has 0 fully saturated rings. The van der Waals surface area contributed by atoms with Gasteiger partial charge in [-0.1, -0.05) is 12.1 Å². The number of benzene rings is 1. The number of hydrogen-bond acceptors (Lipinski definition) is 3. The number of aromatic nitrogens is 1. The first kappa shape index (κ1) is 12.9. The average molecular weight is 257 g/mol. The Hall–Kier alpha value is -2.56. The van der Waals surface area contributed by atoms with Crippen LogP contribution in [0.15, 0.2) is 41.2 Å². The maximum atomic E-state index is 11.8. The maximum Gasteiger partial charge on any atom is 0.259 e. The van der Waals surface area contributed by atoms with Crippen molar-refractivity contribution in [2.75, 3.05) is 6.61 Å². The fourth-order valence-electron chi connectivity index (χ4n) is 1.81. The molecule has 0 aliphatic rings. The van der Waals surface area contributed by atoms with E-state index in [0.717, 1.165) is 5.56 Å². The minimum atomic E-state index is -0.378. The molecule has 0 bridgehead atoms. The van der Waals surface area contributed by atoms with Crippen molar-refractivity contribution < 1.29 is 4.74 Å². The number of para-hydroxylation sites is 1. The van der Waals surface area contributed by atoms with Crippen molar-refractivity contribution in [2.24, 2.45) is 5.73 Å². The normalized spacial score (nSPS) is 10.2. The Bertz CT molecular complexity index is 662. The van der Waals surface area contributed by atoms with E-state index in [9.17, 15) is 4.79 Å². The third kappa shape index (κ3) is 2.65. The lowest BCUT2D eigenvalue weighted by atomic mass is 10.1. The van der Waals surface area contributed by atoms with Gasteiger partial charge < -0.3 is 15.5 Å². The van der Waals surface area contributed by atoms with E-state index >= 15 is 0 Å². The van der Waals surface area contributed by atoms with Crippen LogP contribution in [0.1, 0.15) is 12.5 Å². The number of hydrogen-bond donors (Lipinski definition) is 3. The van der Waals surface area contributed by atoms with E-state index < -0.39 is 0 Å². The highest BCUT2D eigenvalue weighted by molar-refractivity contribution is 5.94. The van der Waals surface area contributed by atoms with Gasteiger partial charge in [0.25, 0.3) is 5.56 Å². The van der Waals surface area contributed by atoms with Crippen LogP contribution >= 0.6 is 0 Å². The van der Waals surface area contributed by atoms with Crippen LogP contribution in [-0.2, 0) is 0 Å². The molecule has 5 heteroatoms. The Kier molecular flexibility index (Phi) is 3.66. The van der Waals surface area contributed by atoms with Gasteiger partial charge >= 0.3 is 0 Å². The number of nitrogens with one attached hydrogen (secondary N) is 2. The Morgan fingerprint density at radius 1 is 1.32 bits per heavy atom. The molecule has 0 saturated heterocycles. The summed E-state index contributed by atoms with van der Waals surface area (Å²) in [4.78, 5) is 14.5. The average Bonchev–Trinajstić information content (AvgIpc) is 2.39. The van der Waals surface area contributed by atoms with Crippen molar-refractivity contribution in [3.63, 3.8) is 0 Å². The van der Waals surface area contributed by atoms with Crippen LogP contribution in [0.4, 0.5) is 0 Å². The van der Waals surface area contributed by atoms with Crippen molar-refractivity contribution in [3.8, 4) is 17.0 Å². The molecular weight excluding hydrogens is 242 g/mol. The standard InChI is InChI=1S/C14H15N3O2/c1-2-19-12-6-4-3-5-9(12)11-8-7-10(13(15)16)14(18)17-11/h3-8H,2H2,1H3,(H3,15,16)(H,17,18). The molecule has 5 nitrogen and oxygen atoms in total. The summed E-state index contributed by atoms with van der Waals surface area (Å²) in [5, 5.41) is 7.29. The Balaban J connectivity index is 2.51. The van der Waals surface area contributed by atoms with Crippen LogP contribution in [0.5, 0.6) is 5.75 Å². The fourth-order valence-corrected chi connectivity index (χ4v) is 1.81. The van der Waals surface area contributed by atoms with E-state index in [4.69, 9.17) is 15.9 Å². The summed E-state index contributed by atoms with van der Waals surface area (Å²) in [7, 11) is 0. The zero-order valence-electron chi connectivity index (χ0n) is 10.6. The van der Waals surface area contributed by atoms with Gasteiger partial charge in [0.15, 0.2) is 0 Å². The number of aromatic amines is 1. The second-order valence-corrected chi connectivity index (χ2v) is 3.96. The lowest BCUT2D eigenvalue weighted by Crippen LogP contribution is -2.23. The van der Waals surface area contributed by atoms with Crippen LogP contribution in [0, 0.1) is 5.41 Å². The first-order valence-electron chi connectivity index (χ1n) is 5.93. The highest BCUT2D eigenvalue weighted by Gasteiger charge is 2.09. The quantitative estimate of drug-likeness (QED) is 0.575. The zero-order valence-corrected chi connectivity index (χ0v) is 10.6. The molecule has 2 rings (SSSR count). The van der Waals surface area contributed by atoms with Crippen molar-refractivity contribution >= 4 is 5.84 Å². The van der Waals surface area contributed by atoms with Crippen molar-refractivity contribution in [1.82, 2.24) is 4.98 Å². The van der Waals surface area contributed by atoms with Gasteiger partial charge in [0.2, 0.25) is 0 Å². The lowest BCUT2D eigenvalue weighted by Gasteiger charge is -2.10. The highest BCUT2D eigenvalue weighted by atomic mass is 16.5. The largest absolute Gasteiger partial charge is 0.493 e. The van der Waals surface area contributed by atoms with Crippen LogP contribution in [-0.4, -0.2) is 17.4 Å².